The maximum absolute atomic E-state index is 11.5. The van der Waals surface area contributed by atoms with E-state index in [0.717, 1.165) is 0 Å². The molecule has 5 heteroatoms. The fourth-order valence-electron chi connectivity index (χ4n) is 1.61. The van der Waals surface area contributed by atoms with Crippen molar-refractivity contribution in [3.8, 4) is 0 Å². The lowest BCUT2D eigenvalue weighted by atomic mass is 9.92. The molecule has 0 fully saturated rings. The first kappa shape index (κ1) is 12.0. The van der Waals surface area contributed by atoms with Crippen LogP contribution in [-0.2, 0) is 10.3 Å². The lowest BCUT2D eigenvalue weighted by Gasteiger charge is -2.26. The molecule has 1 unspecified atom stereocenters. The molecule has 1 atom stereocenters. The molecule has 0 saturated heterocycles. The molecule has 5 nitrogen and oxygen atoms in total. The number of aliphatic carboxylic acids is 1. The van der Waals surface area contributed by atoms with Crippen LogP contribution < -0.4 is 5.32 Å². The largest absolute Gasteiger partial charge is 0.479 e. The van der Waals surface area contributed by atoms with Crippen LogP contribution in [0.25, 0.3) is 0 Å². The molecule has 0 saturated carbocycles. The maximum Gasteiger partial charge on any atom is 0.333 e. The molecule has 0 spiro atoms. The number of hydrogen-bond acceptors (Lipinski definition) is 4. The quantitative estimate of drug-likeness (QED) is 0.857. The van der Waals surface area contributed by atoms with Crippen LogP contribution >= 0.6 is 0 Å². The zero-order chi connectivity index (χ0) is 13.0. The number of hydrogen-bond donors (Lipinski definition) is 2. The lowest BCUT2D eigenvalue weighted by Crippen LogP contribution is -2.41. The molecule has 18 heavy (non-hydrogen) atoms. The molecular weight excluding hydrogens is 230 g/mol. The Hall–Kier alpha value is -2.43. The molecule has 0 aliphatic carbocycles. The van der Waals surface area contributed by atoms with E-state index in [2.05, 4.69) is 15.3 Å². The summed E-state index contributed by atoms with van der Waals surface area (Å²) in [7, 11) is 0. The summed E-state index contributed by atoms with van der Waals surface area (Å²) in [5.74, 6) is -0.701. The van der Waals surface area contributed by atoms with E-state index in [-0.39, 0.29) is 5.95 Å². The number of anilines is 1. The summed E-state index contributed by atoms with van der Waals surface area (Å²) in [6.07, 6.45) is 3.12. The average Bonchev–Trinajstić information content (AvgIpc) is 2.40. The Bertz CT molecular complexity index is 530. The number of rotatable bonds is 4. The van der Waals surface area contributed by atoms with Crippen molar-refractivity contribution >= 4 is 11.9 Å². The van der Waals surface area contributed by atoms with E-state index in [0.29, 0.717) is 5.56 Å². The molecule has 0 bridgehead atoms. The van der Waals surface area contributed by atoms with Crippen molar-refractivity contribution in [2.75, 3.05) is 5.32 Å². The summed E-state index contributed by atoms with van der Waals surface area (Å²) in [5.41, 5.74) is -0.618. The Morgan fingerprint density at radius 2 is 1.78 bits per heavy atom. The number of aromatic nitrogens is 2. The zero-order valence-electron chi connectivity index (χ0n) is 9.87. The number of carbonyl (C=O) groups is 1. The molecule has 2 rings (SSSR count). The standard InChI is InChI=1S/C13H13N3O2/c1-13(11(17)18,10-6-3-2-4-7-10)16-12-14-8-5-9-15-12/h2-9H,1H3,(H,17,18)(H,14,15,16). The number of nitrogens with one attached hydrogen (secondary N) is 1. The Balaban J connectivity index is 2.37. The summed E-state index contributed by atoms with van der Waals surface area (Å²) < 4.78 is 0. The highest BCUT2D eigenvalue weighted by Crippen LogP contribution is 2.24. The topological polar surface area (TPSA) is 75.1 Å². The highest BCUT2D eigenvalue weighted by Gasteiger charge is 2.35. The van der Waals surface area contributed by atoms with Gasteiger partial charge in [-0.05, 0) is 18.6 Å². The van der Waals surface area contributed by atoms with Crippen molar-refractivity contribution in [1.82, 2.24) is 9.97 Å². The van der Waals surface area contributed by atoms with Crippen LogP contribution in [0.2, 0.25) is 0 Å². The average molecular weight is 243 g/mol. The van der Waals surface area contributed by atoms with Crippen molar-refractivity contribution in [2.45, 2.75) is 12.5 Å². The van der Waals surface area contributed by atoms with E-state index in [1.165, 1.54) is 0 Å². The maximum atomic E-state index is 11.5. The third-order valence-corrected chi connectivity index (χ3v) is 2.71. The molecule has 2 N–H and O–H groups in total. The van der Waals surface area contributed by atoms with Gasteiger partial charge in [-0.25, -0.2) is 14.8 Å². The van der Waals surface area contributed by atoms with Gasteiger partial charge in [0.2, 0.25) is 5.95 Å². The molecule has 1 aromatic heterocycles. The van der Waals surface area contributed by atoms with E-state index in [9.17, 15) is 9.90 Å². The second kappa shape index (κ2) is 4.83. The smallest absolute Gasteiger partial charge is 0.333 e. The van der Waals surface area contributed by atoms with Crippen LogP contribution in [0, 0.1) is 0 Å². The molecule has 0 aliphatic rings. The Labute approximate surface area is 105 Å². The van der Waals surface area contributed by atoms with Crippen LogP contribution in [0.1, 0.15) is 12.5 Å². The molecule has 0 radical (unpaired) electrons. The van der Waals surface area contributed by atoms with Gasteiger partial charge in [0.25, 0.3) is 0 Å². The van der Waals surface area contributed by atoms with Crippen molar-refractivity contribution < 1.29 is 9.90 Å². The van der Waals surface area contributed by atoms with E-state index < -0.39 is 11.5 Å². The van der Waals surface area contributed by atoms with Crippen LogP contribution in [0.4, 0.5) is 5.95 Å². The van der Waals surface area contributed by atoms with Gasteiger partial charge in [-0.1, -0.05) is 30.3 Å². The summed E-state index contributed by atoms with van der Waals surface area (Å²) in [4.78, 5) is 19.5. The molecule has 2 aromatic rings. The summed E-state index contributed by atoms with van der Waals surface area (Å²) >= 11 is 0. The number of carboxylic acids is 1. The Morgan fingerprint density at radius 1 is 1.17 bits per heavy atom. The third-order valence-electron chi connectivity index (χ3n) is 2.71. The fourth-order valence-corrected chi connectivity index (χ4v) is 1.61. The highest BCUT2D eigenvalue weighted by molar-refractivity contribution is 5.83. The minimum atomic E-state index is -1.26. The van der Waals surface area contributed by atoms with E-state index >= 15 is 0 Å². The molecule has 0 amide bonds. The molecule has 92 valence electrons. The zero-order valence-corrected chi connectivity index (χ0v) is 9.87. The monoisotopic (exact) mass is 243 g/mol. The molecule has 1 heterocycles. The summed E-state index contributed by atoms with van der Waals surface area (Å²) in [5, 5.41) is 12.3. The Kier molecular flexibility index (Phi) is 3.23. The SMILES string of the molecule is CC(Nc1ncccn1)(C(=O)O)c1ccccc1. The second-order valence-corrected chi connectivity index (χ2v) is 3.99. The van der Waals surface area contributed by atoms with Crippen LogP contribution in [-0.4, -0.2) is 21.0 Å². The van der Waals surface area contributed by atoms with Gasteiger partial charge in [0, 0.05) is 12.4 Å². The lowest BCUT2D eigenvalue weighted by molar-refractivity contribution is -0.142. The summed E-state index contributed by atoms with van der Waals surface area (Å²) in [6.45, 7) is 1.58. The fraction of sp³-hybridized carbons (Fsp3) is 0.154. The van der Waals surface area contributed by atoms with E-state index in [4.69, 9.17) is 0 Å². The normalized spacial score (nSPS) is 13.6. The van der Waals surface area contributed by atoms with Gasteiger partial charge >= 0.3 is 5.97 Å². The van der Waals surface area contributed by atoms with Crippen LogP contribution in [0.15, 0.2) is 48.8 Å². The Morgan fingerprint density at radius 3 is 2.33 bits per heavy atom. The first-order valence-electron chi connectivity index (χ1n) is 5.47. The van der Waals surface area contributed by atoms with Crippen LogP contribution in [0.5, 0.6) is 0 Å². The van der Waals surface area contributed by atoms with E-state index in [1.54, 1.807) is 49.6 Å². The predicted molar refractivity (Wildman–Crippen MR) is 67.1 cm³/mol. The van der Waals surface area contributed by atoms with E-state index in [1.807, 2.05) is 6.07 Å². The van der Waals surface area contributed by atoms with Gasteiger partial charge in [0.15, 0.2) is 5.54 Å². The van der Waals surface area contributed by atoms with Crippen LogP contribution in [0.3, 0.4) is 0 Å². The van der Waals surface area contributed by atoms with Gasteiger partial charge in [-0.2, -0.15) is 0 Å². The minimum absolute atomic E-state index is 0.284. The van der Waals surface area contributed by atoms with Crippen molar-refractivity contribution in [2.24, 2.45) is 0 Å². The highest BCUT2D eigenvalue weighted by atomic mass is 16.4. The predicted octanol–water partition coefficient (Wildman–Crippen LogP) is 1.89. The second-order valence-electron chi connectivity index (χ2n) is 3.99. The van der Waals surface area contributed by atoms with Gasteiger partial charge in [0.1, 0.15) is 0 Å². The molecule has 1 aromatic carbocycles. The van der Waals surface area contributed by atoms with Gasteiger partial charge in [-0.15, -0.1) is 0 Å². The first-order valence-corrected chi connectivity index (χ1v) is 5.47. The van der Waals surface area contributed by atoms with Crippen molar-refractivity contribution in [3.63, 3.8) is 0 Å². The summed E-state index contributed by atoms with van der Waals surface area (Å²) in [6, 6.07) is 10.6. The number of benzene rings is 1. The van der Waals surface area contributed by atoms with Crippen molar-refractivity contribution in [1.29, 1.82) is 0 Å². The van der Waals surface area contributed by atoms with Crippen molar-refractivity contribution in [3.05, 3.63) is 54.4 Å². The molecule has 0 aliphatic heterocycles. The third kappa shape index (κ3) is 2.29. The number of carboxylic acid groups (broad SMARTS) is 1. The van der Waals surface area contributed by atoms with Gasteiger partial charge in [-0.3, -0.25) is 0 Å². The molecular formula is C13H13N3O2. The first-order chi connectivity index (χ1) is 8.63. The number of nitrogens with zero attached hydrogens (tertiary/aromatic N) is 2. The van der Waals surface area contributed by atoms with Gasteiger partial charge < -0.3 is 10.4 Å². The van der Waals surface area contributed by atoms with Gasteiger partial charge in [0.05, 0.1) is 0 Å². The minimum Gasteiger partial charge on any atom is -0.479 e.